The Morgan fingerprint density at radius 2 is 1.44 bits per heavy atom. The van der Waals surface area contributed by atoms with E-state index in [0.717, 1.165) is 11.1 Å². The lowest BCUT2D eigenvalue weighted by atomic mass is 10.0. The van der Waals surface area contributed by atoms with Crippen molar-refractivity contribution in [1.82, 2.24) is 0 Å². The molecular formula is C15H13F. The minimum absolute atomic E-state index is 0.636. The first kappa shape index (κ1) is 10.6. The summed E-state index contributed by atoms with van der Waals surface area (Å²) in [7, 11) is 0. The third-order valence-electron chi connectivity index (χ3n) is 2.61. The summed E-state index contributed by atoms with van der Waals surface area (Å²) in [5, 5.41) is 0. The van der Waals surface area contributed by atoms with E-state index in [0.29, 0.717) is 11.9 Å². The van der Waals surface area contributed by atoms with Crippen LogP contribution in [0, 0.1) is 0 Å². The average Bonchev–Trinajstić information content (AvgIpc) is 2.39. The van der Waals surface area contributed by atoms with Crippen LogP contribution in [-0.2, 0) is 0 Å². The van der Waals surface area contributed by atoms with E-state index in [-0.39, 0.29) is 0 Å². The van der Waals surface area contributed by atoms with E-state index in [1.807, 2.05) is 42.5 Å². The molecule has 0 amide bonds. The monoisotopic (exact) mass is 212 g/mol. The first-order valence-electron chi connectivity index (χ1n) is 5.24. The van der Waals surface area contributed by atoms with Gasteiger partial charge in [-0.2, -0.15) is 0 Å². The molecule has 0 atom stereocenters. The molecule has 0 aliphatic rings. The molecule has 0 bridgehead atoms. The lowest BCUT2D eigenvalue weighted by Crippen LogP contribution is -1.80. The Bertz CT molecular complexity index is 481. The van der Waals surface area contributed by atoms with Gasteiger partial charge in [0.25, 0.3) is 0 Å². The predicted molar refractivity (Wildman–Crippen MR) is 66.6 cm³/mol. The number of benzene rings is 2. The van der Waals surface area contributed by atoms with Crippen molar-refractivity contribution in [3.05, 3.63) is 66.5 Å². The van der Waals surface area contributed by atoms with Crippen LogP contribution < -0.4 is 0 Å². The lowest BCUT2D eigenvalue weighted by molar-refractivity contribution is 0.723. The Hall–Kier alpha value is -1.89. The zero-order valence-corrected chi connectivity index (χ0v) is 9.15. The Balaban J connectivity index is 2.34. The number of allylic oxidation sites excluding steroid dienone is 1. The van der Waals surface area contributed by atoms with Gasteiger partial charge >= 0.3 is 0 Å². The van der Waals surface area contributed by atoms with E-state index in [4.69, 9.17) is 0 Å². The first-order valence-corrected chi connectivity index (χ1v) is 5.24. The third kappa shape index (κ3) is 2.19. The van der Waals surface area contributed by atoms with E-state index < -0.39 is 0 Å². The fraction of sp³-hybridized carbons (Fsp3) is 0.0667. The summed E-state index contributed by atoms with van der Waals surface area (Å²) in [5.74, 6) is 0. The Morgan fingerprint density at radius 3 is 2.00 bits per heavy atom. The smallest absolute Gasteiger partial charge is 0.0902 e. The summed E-state index contributed by atoms with van der Waals surface area (Å²) in [6.07, 6.45) is 0.636. The highest BCUT2D eigenvalue weighted by Crippen LogP contribution is 2.22. The number of halogens is 1. The van der Waals surface area contributed by atoms with Crippen LogP contribution >= 0.6 is 0 Å². The number of hydrogen-bond acceptors (Lipinski definition) is 0. The van der Waals surface area contributed by atoms with E-state index >= 15 is 0 Å². The van der Waals surface area contributed by atoms with E-state index in [9.17, 15) is 4.39 Å². The van der Waals surface area contributed by atoms with E-state index in [1.54, 1.807) is 6.92 Å². The standard InChI is InChI=1S/C15H13F/c1-12(11-16)13-7-9-15(10-8-13)14-5-3-2-4-6-14/h2-11H,1H3/b12-11+. The normalized spacial score (nSPS) is 11.5. The molecule has 0 fully saturated rings. The highest BCUT2D eigenvalue weighted by Gasteiger charge is 1.98. The molecule has 0 unspecified atom stereocenters. The predicted octanol–water partition coefficient (Wildman–Crippen LogP) is 4.68. The van der Waals surface area contributed by atoms with Gasteiger partial charge in [-0.15, -0.1) is 0 Å². The maximum atomic E-state index is 12.3. The second kappa shape index (κ2) is 4.75. The van der Waals surface area contributed by atoms with Gasteiger partial charge in [-0.1, -0.05) is 54.6 Å². The van der Waals surface area contributed by atoms with Crippen molar-refractivity contribution in [2.75, 3.05) is 0 Å². The van der Waals surface area contributed by atoms with Crippen molar-refractivity contribution in [2.24, 2.45) is 0 Å². The van der Waals surface area contributed by atoms with Crippen LogP contribution in [0.15, 0.2) is 60.9 Å². The zero-order chi connectivity index (χ0) is 11.4. The summed E-state index contributed by atoms with van der Waals surface area (Å²) in [5.41, 5.74) is 3.90. The van der Waals surface area contributed by atoms with Crippen LogP contribution in [0.4, 0.5) is 4.39 Å². The van der Waals surface area contributed by atoms with Crippen molar-refractivity contribution >= 4 is 5.57 Å². The van der Waals surface area contributed by atoms with Gasteiger partial charge in [0.2, 0.25) is 0 Å². The van der Waals surface area contributed by atoms with E-state index in [1.165, 1.54) is 5.56 Å². The first-order chi connectivity index (χ1) is 7.81. The van der Waals surface area contributed by atoms with Gasteiger partial charge in [0.1, 0.15) is 0 Å². The lowest BCUT2D eigenvalue weighted by Gasteiger charge is -2.03. The van der Waals surface area contributed by atoms with Crippen LogP contribution in [0.1, 0.15) is 12.5 Å². The summed E-state index contributed by atoms with van der Waals surface area (Å²) < 4.78 is 12.3. The average molecular weight is 212 g/mol. The van der Waals surface area contributed by atoms with Gasteiger partial charge in [-0.05, 0) is 29.2 Å². The highest BCUT2D eigenvalue weighted by molar-refractivity contribution is 5.69. The van der Waals surface area contributed by atoms with E-state index in [2.05, 4.69) is 12.1 Å². The molecule has 0 radical (unpaired) electrons. The highest BCUT2D eigenvalue weighted by atomic mass is 19.1. The minimum atomic E-state index is 0.636. The molecule has 2 aromatic rings. The van der Waals surface area contributed by atoms with Gasteiger partial charge in [-0.25, -0.2) is 4.39 Å². The van der Waals surface area contributed by atoms with Crippen molar-refractivity contribution in [1.29, 1.82) is 0 Å². The number of rotatable bonds is 2. The second-order valence-electron chi connectivity index (χ2n) is 3.74. The number of hydrogen-bond donors (Lipinski definition) is 0. The molecule has 0 N–H and O–H groups in total. The molecule has 16 heavy (non-hydrogen) atoms. The molecule has 0 spiro atoms. The molecule has 0 aliphatic heterocycles. The van der Waals surface area contributed by atoms with Crippen molar-refractivity contribution < 1.29 is 4.39 Å². The van der Waals surface area contributed by atoms with Gasteiger partial charge in [-0.3, -0.25) is 0 Å². The second-order valence-corrected chi connectivity index (χ2v) is 3.74. The van der Waals surface area contributed by atoms with Gasteiger partial charge in [0.05, 0.1) is 6.33 Å². The van der Waals surface area contributed by atoms with Gasteiger partial charge in [0, 0.05) is 0 Å². The maximum Gasteiger partial charge on any atom is 0.0902 e. The molecule has 0 nitrogen and oxygen atoms in total. The summed E-state index contributed by atoms with van der Waals surface area (Å²) in [6, 6.07) is 18.0. The fourth-order valence-electron chi connectivity index (χ4n) is 1.62. The molecule has 0 heterocycles. The van der Waals surface area contributed by atoms with Gasteiger partial charge in [0.15, 0.2) is 0 Å². The minimum Gasteiger partial charge on any atom is -0.215 e. The quantitative estimate of drug-likeness (QED) is 0.677. The third-order valence-corrected chi connectivity index (χ3v) is 2.61. The molecule has 0 saturated heterocycles. The maximum absolute atomic E-state index is 12.3. The Labute approximate surface area is 95.1 Å². The molecule has 80 valence electrons. The van der Waals surface area contributed by atoms with Crippen molar-refractivity contribution in [3.63, 3.8) is 0 Å². The molecule has 2 aromatic carbocycles. The molecule has 2 rings (SSSR count). The molecular weight excluding hydrogens is 199 g/mol. The fourth-order valence-corrected chi connectivity index (χ4v) is 1.62. The summed E-state index contributed by atoms with van der Waals surface area (Å²) in [4.78, 5) is 0. The van der Waals surface area contributed by atoms with Crippen LogP contribution in [0.5, 0.6) is 0 Å². The van der Waals surface area contributed by atoms with Crippen LogP contribution in [0.3, 0.4) is 0 Å². The van der Waals surface area contributed by atoms with Crippen molar-refractivity contribution in [2.45, 2.75) is 6.92 Å². The van der Waals surface area contributed by atoms with Crippen LogP contribution in [-0.4, -0.2) is 0 Å². The van der Waals surface area contributed by atoms with Crippen LogP contribution in [0.2, 0.25) is 0 Å². The van der Waals surface area contributed by atoms with Crippen molar-refractivity contribution in [3.8, 4) is 11.1 Å². The Kier molecular flexibility index (Phi) is 3.16. The largest absolute Gasteiger partial charge is 0.215 e. The van der Waals surface area contributed by atoms with Gasteiger partial charge < -0.3 is 0 Å². The molecule has 1 heteroatoms. The topological polar surface area (TPSA) is 0 Å². The summed E-state index contributed by atoms with van der Waals surface area (Å²) >= 11 is 0. The SMILES string of the molecule is C/C(=C\F)c1ccc(-c2ccccc2)cc1. The Morgan fingerprint density at radius 1 is 0.875 bits per heavy atom. The van der Waals surface area contributed by atoms with Crippen LogP contribution in [0.25, 0.3) is 16.7 Å². The molecule has 0 aliphatic carbocycles. The molecule has 0 saturated carbocycles. The molecule has 0 aromatic heterocycles. The summed E-state index contributed by atoms with van der Waals surface area (Å²) in [6.45, 7) is 1.76. The zero-order valence-electron chi connectivity index (χ0n) is 9.15.